The highest BCUT2D eigenvalue weighted by Crippen LogP contribution is 2.36. The van der Waals surface area contributed by atoms with Gasteiger partial charge >= 0.3 is 12.2 Å². The minimum Gasteiger partial charge on any atom is -0.417 e. The lowest BCUT2D eigenvalue weighted by Gasteiger charge is -2.40. The Hall–Kier alpha value is -5.14. The minimum absolute atomic E-state index is 0.0961. The molecule has 0 aliphatic carbocycles. The van der Waals surface area contributed by atoms with E-state index in [2.05, 4.69) is 20.6 Å². The van der Waals surface area contributed by atoms with Crippen LogP contribution in [0.5, 0.6) is 0 Å². The number of pyridine rings is 1. The van der Waals surface area contributed by atoms with Crippen molar-refractivity contribution >= 4 is 35.1 Å². The van der Waals surface area contributed by atoms with Crippen LogP contribution >= 0.6 is 0 Å². The number of amides is 3. The third-order valence-corrected chi connectivity index (χ3v) is 8.46. The summed E-state index contributed by atoms with van der Waals surface area (Å²) in [5, 5.41) is 5.04. The Morgan fingerprint density at radius 1 is 0.894 bits per heavy atom. The fourth-order valence-corrected chi connectivity index (χ4v) is 5.97. The monoisotopic (exact) mass is 651 g/mol. The van der Waals surface area contributed by atoms with E-state index < -0.39 is 35.4 Å². The van der Waals surface area contributed by atoms with Crippen molar-refractivity contribution in [1.29, 1.82) is 0 Å². The molecule has 14 heteroatoms. The van der Waals surface area contributed by atoms with Crippen LogP contribution in [0, 0.1) is 5.82 Å². The molecule has 246 valence electrons. The number of piperidine rings is 1. The zero-order chi connectivity index (χ0) is 33.1. The van der Waals surface area contributed by atoms with Crippen molar-refractivity contribution in [2.75, 3.05) is 53.2 Å². The zero-order valence-corrected chi connectivity index (χ0v) is 25.5. The highest BCUT2D eigenvalue weighted by Gasteiger charge is 2.42. The largest absolute Gasteiger partial charge is 0.437 e. The number of para-hydroxylation sites is 1. The highest BCUT2D eigenvalue weighted by molar-refractivity contribution is 6.03. The molecule has 3 amide bonds. The number of urea groups is 1. The molecule has 0 radical (unpaired) electrons. The van der Waals surface area contributed by atoms with E-state index in [0.29, 0.717) is 51.4 Å². The fourth-order valence-electron chi connectivity index (χ4n) is 5.97. The van der Waals surface area contributed by atoms with Crippen LogP contribution in [0.1, 0.15) is 47.5 Å². The molecule has 4 heterocycles. The summed E-state index contributed by atoms with van der Waals surface area (Å²) >= 11 is 0. The molecule has 1 atom stereocenters. The van der Waals surface area contributed by atoms with Crippen molar-refractivity contribution in [2.24, 2.45) is 0 Å². The van der Waals surface area contributed by atoms with Crippen LogP contribution in [0.3, 0.4) is 0 Å². The van der Waals surface area contributed by atoms with Gasteiger partial charge in [0.2, 0.25) is 5.76 Å². The SMILES string of the molecule is CC1CN(c2ccc(NC(=O)c3oc(N4CCC(c5ccccc5)CC4)nc3C(F)(F)F)cn2)CCN1C(=O)Nc1ccccc1F. The number of piperazine rings is 1. The van der Waals surface area contributed by atoms with Gasteiger partial charge in [0.15, 0.2) is 5.69 Å². The van der Waals surface area contributed by atoms with Crippen LogP contribution in [0.25, 0.3) is 0 Å². The molecule has 2 aromatic carbocycles. The third kappa shape index (κ3) is 7.16. The Bertz CT molecular complexity index is 1710. The van der Waals surface area contributed by atoms with Crippen molar-refractivity contribution < 1.29 is 31.6 Å². The van der Waals surface area contributed by atoms with E-state index in [1.807, 2.05) is 42.2 Å². The van der Waals surface area contributed by atoms with Gasteiger partial charge in [0.25, 0.3) is 11.9 Å². The molecule has 2 fully saturated rings. The molecule has 2 N–H and O–H groups in total. The number of hydrogen-bond acceptors (Lipinski definition) is 7. The molecule has 6 rings (SSSR count). The molecular formula is C33H33F4N7O3. The van der Waals surface area contributed by atoms with Gasteiger partial charge in [-0.25, -0.2) is 14.2 Å². The standard InChI is InChI=1S/C33H33F4N7O3/c1-21-20-43(17-18-44(21)31(46)40-26-10-6-5-9-25(26)34)27-12-11-24(19-38-27)39-30(45)28-29(33(35,36)37)41-32(47-28)42-15-13-23(14-16-42)22-7-3-2-4-8-22/h2-12,19,21,23H,13-18,20H2,1H3,(H,39,45)(H,40,46). The van der Waals surface area contributed by atoms with Crippen molar-refractivity contribution in [3.8, 4) is 0 Å². The lowest BCUT2D eigenvalue weighted by Crippen LogP contribution is -2.55. The summed E-state index contributed by atoms with van der Waals surface area (Å²) in [7, 11) is 0. The lowest BCUT2D eigenvalue weighted by molar-refractivity contribution is -0.141. The van der Waals surface area contributed by atoms with Gasteiger partial charge in [0.1, 0.15) is 11.6 Å². The van der Waals surface area contributed by atoms with Crippen LogP contribution in [-0.2, 0) is 6.18 Å². The number of nitrogens with zero attached hydrogens (tertiary/aromatic N) is 5. The number of halogens is 4. The first kappa shape index (κ1) is 31.8. The van der Waals surface area contributed by atoms with Crippen molar-refractivity contribution in [1.82, 2.24) is 14.9 Å². The number of benzene rings is 2. The Balaban J connectivity index is 1.07. The molecule has 0 bridgehead atoms. The molecule has 10 nitrogen and oxygen atoms in total. The predicted octanol–water partition coefficient (Wildman–Crippen LogP) is 6.61. The second kappa shape index (κ2) is 13.3. The number of carbonyl (C=O) groups excluding carboxylic acids is 2. The summed E-state index contributed by atoms with van der Waals surface area (Å²) in [5.74, 6) is -1.70. The molecule has 2 aliphatic rings. The van der Waals surface area contributed by atoms with Crippen molar-refractivity contribution in [2.45, 2.75) is 37.9 Å². The first-order valence-electron chi connectivity index (χ1n) is 15.3. The number of aromatic nitrogens is 2. The number of hydrogen-bond donors (Lipinski definition) is 2. The summed E-state index contributed by atoms with van der Waals surface area (Å²) in [6.07, 6.45) is -2.14. The maximum atomic E-state index is 14.0. The van der Waals surface area contributed by atoms with Crippen LogP contribution < -0.4 is 20.4 Å². The van der Waals surface area contributed by atoms with E-state index in [4.69, 9.17) is 4.42 Å². The fraction of sp³-hybridized carbons (Fsp3) is 0.333. The summed E-state index contributed by atoms with van der Waals surface area (Å²) in [6, 6.07) is 18.1. The first-order chi connectivity index (χ1) is 22.6. The van der Waals surface area contributed by atoms with Gasteiger partial charge < -0.3 is 29.8 Å². The molecular weight excluding hydrogens is 618 g/mol. The Labute approximate surface area is 268 Å². The van der Waals surface area contributed by atoms with Crippen LogP contribution in [-0.4, -0.2) is 65.6 Å². The van der Waals surface area contributed by atoms with Crippen molar-refractivity contribution in [3.63, 3.8) is 0 Å². The Kier molecular flexibility index (Phi) is 9.01. The summed E-state index contributed by atoms with van der Waals surface area (Å²) in [6.45, 7) is 3.95. The maximum Gasteiger partial charge on any atom is 0.437 e. The zero-order valence-electron chi connectivity index (χ0n) is 25.5. The van der Waals surface area contributed by atoms with E-state index in [0.717, 1.165) is 0 Å². The molecule has 0 saturated carbocycles. The molecule has 4 aromatic rings. The first-order valence-corrected chi connectivity index (χ1v) is 15.3. The molecule has 2 saturated heterocycles. The van der Waals surface area contributed by atoms with E-state index >= 15 is 0 Å². The van der Waals surface area contributed by atoms with Gasteiger partial charge in [-0.05, 0) is 55.5 Å². The van der Waals surface area contributed by atoms with Crippen LogP contribution in [0.4, 0.5) is 45.6 Å². The molecule has 2 aliphatic heterocycles. The number of carbonyl (C=O) groups is 2. The average molecular weight is 652 g/mol. The van der Waals surface area contributed by atoms with Gasteiger partial charge in [-0.1, -0.05) is 42.5 Å². The Morgan fingerprint density at radius 2 is 1.62 bits per heavy atom. The minimum atomic E-state index is -4.90. The maximum absolute atomic E-state index is 14.0. The Morgan fingerprint density at radius 3 is 2.28 bits per heavy atom. The number of anilines is 4. The van der Waals surface area contributed by atoms with Crippen LogP contribution in [0.15, 0.2) is 77.3 Å². The van der Waals surface area contributed by atoms with Gasteiger partial charge in [0.05, 0.1) is 17.6 Å². The van der Waals surface area contributed by atoms with E-state index in [-0.39, 0.29) is 29.3 Å². The highest BCUT2D eigenvalue weighted by atomic mass is 19.4. The van der Waals surface area contributed by atoms with E-state index in [1.165, 1.54) is 36.0 Å². The second-order valence-corrected chi connectivity index (χ2v) is 11.6. The molecule has 1 unspecified atom stereocenters. The van der Waals surface area contributed by atoms with Gasteiger partial charge in [-0.3, -0.25) is 4.79 Å². The van der Waals surface area contributed by atoms with E-state index in [1.54, 1.807) is 21.9 Å². The number of nitrogens with one attached hydrogen (secondary N) is 2. The lowest BCUT2D eigenvalue weighted by atomic mass is 9.90. The second-order valence-electron chi connectivity index (χ2n) is 11.6. The normalized spacial score (nSPS) is 17.5. The van der Waals surface area contributed by atoms with Crippen LogP contribution in [0.2, 0.25) is 0 Å². The van der Waals surface area contributed by atoms with Gasteiger partial charge in [-0.15, -0.1) is 0 Å². The number of alkyl halides is 3. The predicted molar refractivity (Wildman–Crippen MR) is 168 cm³/mol. The summed E-state index contributed by atoms with van der Waals surface area (Å²) in [5.41, 5.74) is 0.0602. The summed E-state index contributed by atoms with van der Waals surface area (Å²) < 4.78 is 61.2. The van der Waals surface area contributed by atoms with Crippen molar-refractivity contribution in [3.05, 3.63) is 95.8 Å². The van der Waals surface area contributed by atoms with Gasteiger partial charge in [-0.2, -0.15) is 18.2 Å². The third-order valence-electron chi connectivity index (χ3n) is 8.46. The molecule has 47 heavy (non-hydrogen) atoms. The van der Waals surface area contributed by atoms with Gasteiger partial charge in [0, 0.05) is 38.8 Å². The number of rotatable bonds is 6. The molecule has 2 aromatic heterocycles. The quantitative estimate of drug-likeness (QED) is 0.226. The average Bonchev–Trinajstić information content (AvgIpc) is 3.54. The topological polar surface area (TPSA) is 107 Å². The van der Waals surface area contributed by atoms with E-state index in [9.17, 15) is 27.2 Å². The molecule has 0 spiro atoms. The smallest absolute Gasteiger partial charge is 0.417 e. The summed E-state index contributed by atoms with van der Waals surface area (Å²) in [4.78, 5) is 39.0. The number of oxazole rings is 1.